The molecule has 6 heteroatoms. The highest BCUT2D eigenvalue weighted by atomic mass is 35.5. The van der Waals surface area contributed by atoms with Crippen molar-refractivity contribution in [3.8, 4) is 0 Å². The zero-order chi connectivity index (χ0) is 13.9. The number of carbonyl (C=O) groups excluding carboxylic acids is 1. The maximum absolute atomic E-state index is 12.8. The molecule has 0 spiro atoms. The van der Waals surface area contributed by atoms with Crippen molar-refractivity contribution < 1.29 is 4.79 Å². The number of para-hydroxylation sites is 1. The second-order valence-corrected chi connectivity index (χ2v) is 5.26. The molecule has 0 bridgehead atoms. The monoisotopic (exact) mass is 341 g/mol. The minimum atomic E-state index is 0. The standard InChI is InChI=1S/C16H19N3O.2ClH/c17-11-13-7-1-2-10-19(13)16(20)14-8-3-5-12-6-4-9-18-15(12)14;;/h3-6,8-9,13H,1-2,7,10-11,17H2;2*1H. The maximum atomic E-state index is 12.8. The van der Waals surface area contributed by atoms with E-state index < -0.39 is 0 Å². The molecule has 1 aromatic heterocycles. The van der Waals surface area contributed by atoms with Crippen molar-refractivity contribution in [2.24, 2.45) is 5.73 Å². The van der Waals surface area contributed by atoms with Crippen LogP contribution in [0.2, 0.25) is 0 Å². The fraction of sp³-hybridized carbons (Fsp3) is 0.375. The molecule has 120 valence electrons. The summed E-state index contributed by atoms with van der Waals surface area (Å²) in [6, 6.07) is 9.79. The molecule has 1 aromatic carbocycles. The lowest BCUT2D eigenvalue weighted by Gasteiger charge is -2.35. The zero-order valence-corrected chi connectivity index (χ0v) is 13.9. The largest absolute Gasteiger partial charge is 0.334 e. The topological polar surface area (TPSA) is 59.2 Å². The van der Waals surface area contributed by atoms with Crippen LogP contribution in [0.5, 0.6) is 0 Å². The Hall–Kier alpha value is -1.36. The maximum Gasteiger partial charge on any atom is 0.256 e. The molecule has 0 radical (unpaired) electrons. The molecule has 1 saturated heterocycles. The smallest absolute Gasteiger partial charge is 0.256 e. The summed E-state index contributed by atoms with van der Waals surface area (Å²) in [7, 11) is 0. The van der Waals surface area contributed by atoms with Crippen molar-refractivity contribution in [1.29, 1.82) is 0 Å². The summed E-state index contributed by atoms with van der Waals surface area (Å²) < 4.78 is 0. The van der Waals surface area contributed by atoms with Crippen LogP contribution in [0.25, 0.3) is 10.9 Å². The number of fused-ring (bicyclic) bond motifs is 1. The second kappa shape index (κ2) is 8.32. The van der Waals surface area contributed by atoms with Crippen molar-refractivity contribution in [3.05, 3.63) is 42.1 Å². The highest BCUT2D eigenvalue weighted by molar-refractivity contribution is 6.05. The quantitative estimate of drug-likeness (QED) is 0.913. The van der Waals surface area contributed by atoms with Crippen LogP contribution in [0, 0.1) is 0 Å². The summed E-state index contributed by atoms with van der Waals surface area (Å²) in [5, 5.41) is 1.000. The Kier molecular flexibility index (Phi) is 7.07. The van der Waals surface area contributed by atoms with Crippen LogP contribution in [0.15, 0.2) is 36.5 Å². The Balaban J connectivity index is 0.00000121. The van der Waals surface area contributed by atoms with Crippen LogP contribution in [-0.2, 0) is 0 Å². The van der Waals surface area contributed by atoms with Gasteiger partial charge in [0.05, 0.1) is 11.1 Å². The van der Waals surface area contributed by atoms with Crippen LogP contribution in [-0.4, -0.2) is 34.9 Å². The average molecular weight is 342 g/mol. The van der Waals surface area contributed by atoms with Crippen molar-refractivity contribution in [3.63, 3.8) is 0 Å². The predicted molar refractivity (Wildman–Crippen MR) is 94.0 cm³/mol. The SMILES string of the molecule is Cl.Cl.NCC1CCCCN1C(=O)c1cccc2cccnc12. The number of pyridine rings is 1. The van der Waals surface area contributed by atoms with E-state index in [1.54, 1.807) is 6.20 Å². The summed E-state index contributed by atoms with van der Waals surface area (Å²) in [6.07, 6.45) is 4.94. The molecule has 1 atom stereocenters. The van der Waals surface area contributed by atoms with E-state index in [1.807, 2.05) is 35.2 Å². The van der Waals surface area contributed by atoms with Gasteiger partial charge in [0, 0.05) is 30.7 Å². The molecule has 2 N–H and O–H groups in total. The lowest BCUT2D eigenvalue weighted by atomic mass is 10.00. The molecule has 1 unspecified atom stereocenters. The van der Waals surface area contributed by atoms with E-state index in [1.165, 1.54) is 0 Å². The third-order valence-corrected chi connectivity index (χ3v) is 4.02. The van der Waals surface area contributed by atoms with E-state index in [0.29, 0.717) is 12.1 Å². The Morgan fingerprint density at radius 1 is 1.23 bits per heavy atom. The normalized spacial score (nSPS) is 17.5. The van der Waals surface area contributed by atoms with Gasteiger partial charge < -0.3 is 10.6 Å². The fourth-order valence-corrected chi connectivity index (χ4v) is 2.94. The number of amides is 1. The molecule has 4 nitrogen and oxygen atoms in total. The molecular weight excluding hydrogens is 321 g/mol. The van der Waals surface area contributed by atoms with Crippen LogP contribution in [0.3, 0.4) is 0 Å². The van der Waals surface area contributed by atoms with Crippen LogP contribution < -0.4 is 5.73 Å². The third-order valence-electron chi connectivity index (χ3n) is 4.02. The van der Waals surface area contributed by atoms with Crippen LogP contribution in [0.4, 0.5) is 0 Å². The Bertz CT molecular complexity index is 630. The Morgan fingerprint density at radius 3 is 2.77 bits per heavy atom. The van der Waals surface area contributed by atoms with Gasteiger partial charge in [0.25, 0.3) is 5.91 Å². The summed E-state index contributed by atoms with van der Waals surface area (Å²) >= 11 is 0. The Morgan fingerprint density at radius 2 is 2.00 bits per heavy atom. The number of benzene rings is 1. The van der Waals surface area contributed by atoms with Gasteiger partial charge in [-0.1, -0.05) is 18.2 Å². The number of nitrogens with zero attached hydrogens (tertiary/aromatic N) is 2. The molecule has 1 fully saturated rings. The predicted octanol–water partition coefficient (Wildman–Crippen LogP) is 3.03. The summed E-state index contributed by atoms with van der Waals surface area (Å²) in [4.78, 5) is 19.1. The summed E-state index contributed by atoms with van der Waals surface area (Å²) in [5.41, 5.74) is 7.28. The van der Waals surface area contributed by atoms with Gasteiger partial charge in [-0.25, -0.2) is 0 Å². The highest BCUT2D eigenvalue weighted by Crippen LogP contribution is 2.22. The number of likely N-dealkylation sites (tertiary alicyclic amines) is 1. The number of aromatic nitrogens is 1. The van der Waals surface area contributed by atoms with Crippen LogP contribution >= 0.6 is 24.8 Å². The Labute approximate surface area is 142 Å². The number of hydrogen-bond acceptors (Lipinski definition) is 3. The van der Waals surface area contributed by atoms with E-state index in [4.69, 9.17) is 5.73 Å². The summed E-state index contributed by atoms with van der Waals surface area (Å²) in [5.74, 6) is 0.0597. The lowest BCUT2D eigenvalue weighted by Crippen LogP contribution is -2.47. The van der Waals surface area contributed by atoms with Gasteiger partial charge >= 0.3 is 0 Å². The van der Waals surface area contributed by atoms with Gasteiger partial charge in [0.15, 0.2) is 0 Å². The number of rotatable bonds is 2. The van der Waals surface area contributed by atoms with E-state index in [-0.39, 0.29) is 36.8 Å². The van der Waals surface area contributed by atoms with Crippen molar-refractivity contribution in [2.45, 2.75) is 25.3 Å². The first-order valence-corrected chi connectivity index (χ1v) is 7.16. The molecule has 3 rings (SSSR count). The molecule has 1 amide bonds. The van der Waals surface area contributed by atoms with Gasteiger partial charge in [0.2, 0.25) is 0 Å². The first-order chi connectivity index (χ1) is 9.81. The number of hydrogen-bond donors (Lipinski definition) is 1. The molecule has 0 aliphatic carbocycles. The molecule has 1 aliphatic rings. The number of halogens is 2. The number of carbonyl (C=O) groups is 1. The molecule has 1 aliphatic heterocycles. The first kappa shape index (κ1) is 18.7. The van der Waals surface area contributed by atoms with Gasteiger partial charge in [-0.15, -0.1) is 24.8 Å². The van der Waals surface area contributed by atoms with E-state index in [2.05, 4.69) is 4.98 Å². The minimum absolute atomic E-state index is 0. The molecule has 2 aromatic rings. The van der Waals surface area contributed by atoms with Crippen LogP contribution in [0.1, 0.15) is 29.6 Å². The molecule has 0 saturated carbocycles. The van der Waals surface area contributed by atoms with Gasteiger partial charge in [0.1, 0.15) is 0 Å². The molecule has 2 heterocycles. The van der Waals surface area contributed by atoms with Crippen molar-refractivity contribution in [1.82, 2.24) is 9.88 Å². The van der Waals surface area contributed by atoms with Gasteiger partial charge in [-0.05, 0) is 31.4 Å². The van der Waals surface area contributed by atoms with Gasteiger partial charge in [-0.3, -0.25) is 9.78 Å². The van der Waals surface area contributed by atoms with Crippen molar-refractivity contribution >= 4 is 41.6 Å². The van der Waals surface area contributed by atoms with Crippen molar-refractivity contribution in [2.75, 3.05) is 13.1 Å². The van der Waals surface area contributed by atoms with E-state index in [9.17, 15) is 4.79 Å². The molecular formula is C16H21Cl2N3O. The minimum Gasteiger partial charge on any atom is -0.334 e. The van der Waals surface area contributed by atoms with E-state index in [0.717, 1.165) is 36.7 Å². The molecule has 22 heavy (non-hydrogen) atoms. The number of nitrogens with two attached hydrogens (primary N) is 1. The highest BCUT2D eigenvalue weighted by Gasteiger charge is 2.27. The lowest BCUT2D eigenvalue weighted by molar-refractivity contribution is 0.0625. The third kappa shape index (κ3) is 3.51. The average Bonchev–Trinajstić information content (AvgIpc) is 2.53. The van der Waals surface area contributed by atoms with Gasteiger partial charge in [-0.2, -0.15) is 0 Å². The number of piperidine rings is 1. The van der Waals surface area contributed by atoms with E-state index >= 15 is 0 Å². The fourth-order valence-electron chi connectivity index (χ4n) is 2.94. The second-order valence-electron chi connectivity index (χ2n) is 5.26. The zero-order valence-electron chi connectivity index (χ0n) is 12.3. The summed E-state index contributed by atoms with van der Waals surface area (Å²) in [6.45, 7) is 1.33. The first-order valence-electron chi connectivity index (χ1n) is 7.16.